The number of aromatic nitrogens is 2. The summed E-state index contributed by atoms with van der Waals surface area (Å²) in [5.74, 6) is 0.183. The van der Waals surface area contributed by atoms with E-state index in [2.05, 4.69) is 18.8 Å². The van der Waals surface area contributed by atoms with Crippen LogP contribution in [0.4, 0.5) is 4.39 Å². The van der Waals surface area contributed by atoms with Gasteiger partial charge in [-0.3, -0.25) is 4.79 Å². The summed E-state index contributed by atoms with van der Waals surface area (Å²) in [6, 6.07) is 14.2. The Labute approximate surface area is 185 Å². The van der Waals surface area contributed by atoms with Crippen molar-refractivity contribution in [3.8, 4) is 5.75 Å². The zero-order chi connectivity index (χ0) is 22.0. The number of benzene rings is 2. The van der Waals surface area contributed by atoms with Crippen molar-refractivity contribution in [2.24, 2.45) is 7.05 Å². The lowest BCUT2D eigenvalue weighted by atomic mass is 9.76. The Hall–Kier alpha value is -2.99. The van der Waals surface area contributed by atoms with Crippen molar-refractivity contribution in [3.63, 3.8) is 0 Å². The summed E-state index contributed by atoms with van der Waals surface area (Å²) < 4.78 is 22.2. The van der Waals surface area contributed by atoms with Gasteiger partial charge in [0.15, 0.2) is 0 Å². The molecule has 2 aromatic carbocycles. The maximum Gasteiger partial charge on any atom is 0.250 e. The fraction of sp³-hybridized carbons (Fsp3) is 0.280. The van der Waals surface area contributed by atoms with Crippen molar-refractivity contribution in [2.75, 3.05) is 0 Å². The first kappa shape index (κ1) is 21.2. The minimum atomic E-state index is -0.331. The first-order valence-corrected chi connectivity index (χ1v) is 11.3. The molecule has 0 fully saturated rings. The molecule has 4 rings (SSSR count). The van der Waals surface area contributed by atoms with E-state index < -0.39 is 0 Å². The molecule has 0 bridgehead atoms. The summed E-state index contributed by atoms with van der Waals surface area (Å²) >= 11 is 1.60. The van der Waals surface area contributed by atoms with Gasteiger partial charge in [-0.25, -0.2) is 9.37 Å². The van der Waals surface area contributed by atoms with Crippen LogP contribution in [0.2, 0.25) is 0 Å². The van der Waals surface area contributed by atoms with Gasteiger partial charge in [0.05, 0.1) is 5.52 Å². The van der Waals surface area contributed by atoms with Crippen molar-refractivity contribution in [1.29, 1.82) is 0 Å². The fourth-order valence-electron chi connectivity index (χ4n) is 4.16. The highest BCUT2D eigenvalue weighted by molar-refractivity contribution is 7.09. The standard InChI is InChI=1S/C25H25FN2O2S/c1-4-25(5-2,24-27-10-11-31-24)19-13-20(26)15-21(14-19)30-16-17-6-8-22-18(12-17)7-9-23(29)28(22)3/h6-15H,4-5,16H2,1-3H3. The Bertz CT molecular complexity index is 1260. The molecule has 0 unspecified atom stereocenters. The molecule has 4 aromatic rings. The second-order valence-electron chi connectivity index (χ2n) is 7.71. The Morgan fingerprint density at radius 3 is 2.61 bits per heavy atom. The molecule has 0 amide bonds. The summed E-state index contributed by atoms with van der Waals surface area (Å²) in [4.78, 5) is 16.3. The minimum absolute atomic E-state index is 0.0423. The van der Waals surface area contributed by atoms with Gasteiger partial charge in [-0.05, 0) is 59.7 Å². The Morgan fingerprint density at radius 2 is 1.90 bits per heavy atom. The number of nitrogens with zero attached hydrogens (tertiary/aromatic N) is 2. The maximum atomic E-state index is 14.6. The molecule has 6 heteroatoms. The van der Waals surface area contributed by atoms with Crippen molar-refractivity contribution >= 4 is 22.2 Å². The van der Waals surface area contributed by atoms with Gasteiger partial charge in [-0.15, -0.1) is 11.3 Å². The molecular weight excluding hydrogens is 411 g/mol. The molecule has 2 heterocycles. The van der Waals surface area contributed by atoms with E-state index >= 15 is 0 Å². The first-order chi connectivity index (χ1) is 15.0. The van der Waals surface area contributed by atoms with Crippen LogP contribution in [0.1, 0.15) is 42.8 Å². The average Bonchev–Trinajstić information content (AvgIpc) is 3.31. The molecule has 4 nitrogen and oxygen atoms in total. The van der Waals surface area contributed by atoms with Gasteiger partial charge in [0.1, 0.15) is 23.2 Å². The third-order valence-electron chi connectivity index (χ3n) is 6.07. The predicted molar refractivity (Wildman–Crippen MR) is 123 cm³/mol. The largest absolute Gasteiger partial charge is 0.489 e. The lowest BCUT2D eigenvalue weighted by Gasteiger charge is -2.30. The van der Waals surface area contributed by atoms with Crippen LogP contribution in [0.25, 0.3) is 10.9 Å². The van der Waals surface area contributed by atoms with Crippen LogP contribution in [0.15, 0.2) is 64.9 Å². The Morgan fingerprint density at radius 1 is 1.10 bits per heavy atom. The van der Waals surface area contributed by atoms with Crippen LogP contribution in [0.3, 0.4) is 0 Å². The quantitative estimate of drug-likeness (QED) is 0.367. The number of rotatable bonds is 7. The van der Waals surface area contributed by atoms with Crippen LogP contribution >= 0.6 is 11.3 Å². The van der Waals surface area contributed by atoms with E-state index in [0.717, 1.165) is 39.9 Å². The van der Waals surface area contributed by atoms with E-state index in [1.807, 2.05) is 35.7 Å². The van der Waals surface area contributed by atoms with Gasteiger partial charge in [-0.1, -0.05) is 19.9 Å². The van der Waals surface area contributed by atoms with E-state index in [-0.39, 0.29) is 16.8 Å². The molecule has 0 aliphatic heterocycles. The number of thiazole rings is 1. The zero-order valence-corrected chi connectivity index (χ0v) is 18.7. The third kappa shape index (κ3) is 4.00. The summed E-state index contributed by atoms with van der Waals surface area (Å²) in [7, 11) is 1.76. The first-order valence-electron chi connectivity index (χ1n) is 10.4. The molecule has 0 radical (unpaired) electrons. The number of ether oxygens (including phenoxy) is 1. The molecule has 2 aromatic heterocycles. The Kier molecular flexibility index (Phi) is 5.92. The SMILES string of the molecule is CCC(CC)(c1cc(F)cc(OCc2ccc3c(ccc(=O)n3C)c2)c1)c1nccs1. The normalized spacial score (nSPS) is 11.7. The molecule has 0 aliphatic rings. The van der Waals surface area contributed by atoms with Gasteiger partial charge < -0.3 is 9.30 Å². The molecule has 31 heavy (non-hydrogen) atoms. The average molecular weight is 437 g/mol. The fourth-order valence-corrected chi connectivity index (χ4v) is 5.16. The number of fused-ring (bicyclic) bond motifs is 1. The topological polar surface area (TPSA) is 44.1 Å². The number of halogens is 1. The zero-order valence-electron chi connectivity index (χ0n) is 17.9. The minimum Gasteiger partial charge on any atom is -0.489 e. The summed E-state index contributed by atoms with van der Waals surface area (Å²) in [5, 5.41) is 3.92. The van der Waals surface area contributed by atoms with Gasteiger partial charge in [0, 0.05) is 36.2 Å². The second kappa shape index (κ2) is 8.63. The van der Waals surface area contributed by atoms with E-state index in [0.29, 0.717) is 12.4 Å². The van der Waals surface area contributed by atoms with Crippen LogP contribution in [0, 0.1) is 5.82 Å². The highest BCUT2D eigenvalue weighted by atomic mass is 32.1. The van der Waals surface area contributed by atoms with E-state index in [1.54, 1.807) is 41.3 Å². The molecule has 0 spiro atoms. The highest BCUT2D eigenvalue weighted by Gasteiger charge is 2.34. The number of hydrogen-bond donors (Lipinski definition) is 0. The van der Waals surface area contributed by atoms with Crippen molar-refractivity contribution in [1.82, 2.24) is 9.55 Å². The number of pyridine rings is 1. The number of hydrogen-bond acceptors (Lipinski definition) is 4. The summed E-state index contributed by atoms with van der Waals surface area (Å²) in [6.07, 6.45) is 3.44. The molecule has 0 saturated carbocycles. The molecule has 0 atom stereocenters. The van der Waals surface area contributed by atoms with Crippen molar-refractivity contribution in [3.05, 3.63) is 92.4 Å². The van der Waals surface area contributed by atoms with Crippen LogP contribution in [0.5, 0.6) is 5.75 Å². The molecule has 0 N–H and O–H groups in total. The highest BCUT2D eigenvalue weighted by Crippen LogP contribution is 2.41. The second-order valence-corrected chi connectivity index (χ2v) is 8.61. The van der Waals surface area contributed by atoms with Crippen LogP contribution < -0.4 is 10.3 Å². The van der Waals surface area contributed by atoms with Gasteiger partial charge in [0.2, 0.25) is 0 Å². The monoisotopic (exact) mass is 436 g/mol. The third-order valence-corrected chi connectivity index (χ3v) is 7.04. The maximum absolute atomic E-state index is 14.6. The van der Waals surface area contributed by atoms with Crippen LogP contribution in [-0.4, -0.2) is 9.55 Å². The smallest absolute Gasteiger partial charge is 0.250 e. The summed E-state index contributed by atoms with van der Waals surface area (Å²) in [5.41, 5.74) is 2.33. The van der Waals surface area contributed by atoms with Gasteiger partial charge in [-0.2, -0.15) is 0 Å². The number of aryl methyl sites for hydroxylation is 1. The van der Waals surface area contributed by atoms with Crippen molar-refractivity contribution in [2.45, 2.75) is 38.7 Å². The predicted octanol–water partition coefficient (Wildman–Crippen LogP) is 5.82. The lowest BCUT2D eigenvalue weighted by Crippen LogP contribution is -2.26. The lowest BCUT2D eigenvalue weighted by molar-refractivity contribution is 0.303. The molecule has 0 saturated heterocycles. The van der Waals surface area contributed by atoms with Gasteiger partial charge >= 0.3 is 0 Å². The van der Waals surface area contributed by atoms with E-state index in [4.69, 9.17) is 4.74 Å². The molecule has 0 aliphatic carbocycles. The van der Waals surface area contributed by atoms with Crippen molar-refractivity contribution < 1.29 is 9.13 Å². The van der Waals surface area contributed by atoms with Crippen LogP contribution in [-0.2, 0) is 19.1 Å². The Balaban J connectivity index is 1.63. The molecule has 160 valence electrons. The summed E-state index contributed by atoms with van der Waals surface area (Å²) in [6.45, 7) is 4.53. The van der Waals surface area contributed by atoms with E-state index in [9.17, 15) is 9.18 Å². The molecular formula is C25H25FN2O2S. The van der Waals surface area contributed by atoms with E-state index in [1.165, 1.54) is 6.07 Å². The van der Waals surface area contributed by atoms with Gasteiger partial charge in [0.25, 0.3) is 5.56 Å².